The highest BCUT2D eigenvalue weighted by molar-refractivity contribution is 7.98. The summed E-state index contributed by atoms with van der Waals surface area (Å²) in [5.74, 6) is 0. The number of hydrogen-bond acceptors (Lipinski definition) is 4. The normalized spacial score (nSPS) is 21.1. The molecule has 1 fully saturated rings. The number of rotatable bonds is 6. The van der Waals surface area contributed by atoms with Crippen molar-refractivity contribution in [3.63, 3.8) is 0 Å². The van der Waals surface area contributed by atoms with Crippen LogP contribution in [0.4, 0.5) is 0 Å². The number of nitrogens with zero attached hydrogens (tertiary/aromatic N) is 1. The van der Waals surface area contributed by atoms with E-state index in [2.05, 4.69) is 42.5 Å². The Morgan fingerprint density at radius 2 is 2.10 bits per heavy atom. The summed E-state index contributed by atoms with van der Waals surface area (Å²) >= 11 is 1.77. The van der Waals surface area contributed by atoms with Gasteiger partial charge in [-0.1, -0.05) is 12.1 Å². The molecular formula is C16H26N2OS. The molecule has 0 aromatic heterocycles. The molecule has 4 heteroatoms. The van der Waals surface area contributed by atoms with E-state index in [1.807, 2.05) is 0 Å². The minimum absolute atomic E-state index is 0.274. The molecule has 112 valence electrons. The largest absolute Gasteiger partial charge is 0.377 e. The fraction of sp³-hybridized carbons (Fsp3) is 0.625. The Morgan fingerprint density at radius 1 is 1.35 bits per heavy atom. The zero-order chi connectivity index (χ0) is 14.4. The second kappa shape index (κ2) is 8.03. The van der Waals surface area contributed by atoms with Gasteiger partial charge in [0, 0.05) is 30.6 Å². The molecule has 0 saturated carbocycles. The van der Waals surface area contributed by atoms with E-state index in [9.17, 15) is 0 Å². The van der Waals surface area contributed by atoms with Crippen molar-refractivity contribution >= 4 is 11.8 Å². The zero-order valence-electron chi connectivity index (χ0n) is 12.5. The second-order valence-corrected chi connectivity index (χ2v) is 6.33. The Hall–Kier alpha value is -0.550. The average Bonchev–Trinajstić information content (AvgIpc) is 2.49. The molecule has 1 aromatic carbocycles. The maximum atomic E-state index is 5.99. The summed E-state index contributed by atoms with van der Waals surface area (Å²) in [6.45, 7) is 2.52. The van der Waals surface area contributed by atoms with Crippen LogP contribution in [0, 0.1) is 0 Å². The summed E-state index contributed by atoms with van der Waals surface area (Å²) < 4.78 is 5.83. The van der Waals surface area contributed by atoms with Crippen LogP contribution in [0.1, 0.15) is 30.9 Å². The van der Waals surface area contributed by atoms with Crippen molar-refractivity contribution in [1.82, 2.24) is 4.90 Å². The van der Waals surface area contributed by atoms with Crippen molar-refractivity contribution in [3.8, 4) is 0 Å². The monoisotopic (exact) mass is 294 g/mol. The highest BCUT2D eigenvalue weighted by Gasteiger charge is 2.21. The van der Waals surface area contributed by atoms with E-state index < -0.39 is 0 Å². The maximum absolute atomic E-state index is 5.99. The van der Waals surface area contributed by atoms with Gasteiger partial charge in [-0.15, -0.1) is 11.8 Å². The molecule has 0 bridgehead atoms. The molecule has 20 heavy (non-hydrogen) atoms. The summed E-state index contributed by atoms with van der Waals surface area (Å²) in [4.78, 5) is 3.63. The standard InChI is InChI=1S/C16H26N2OS/c1-18(12-14-5-3-4-10-19-14)16(11-17)13-6-8-15(20-2)9-7-13/h6-9,14,16H,3-5,10-12,17H2,1-2H3. The third-order valence-electron chi connectivity index (χ3n) is 4.02. The van der Waals surface area contributed by atoms with E-state index in [4.69, 9.17) is 10.5 Å². The Morgan fingerprint density at radius 3 is 2.65 bits per heavy atom. The predicted molar refractivity (Wildman–Crippen MR) is 86.2 cm³/mol. The fourth-order valence-electron chi connectivity index (χ4n) is 2.80. The highest BCUT2D eigenvalue weighted by Crippen LogP contribution is 2.23. The first-order valence-corrected chi connectivity index (χ1v) is 8.63. The van der Waals surface area contributed by atoms with Crippen molar-refractivity contribution in [2.24, 2.45) is 5.73 Å². The van der Waals surface area contributed by atoms with E-state index >= 15 is 0 Å². The van der Waals surface area contributed by atoms with Gasteiger partial charge in [-0.05, 0) is 50.3 Å². The molecule has 2 unspecified atom stereocenters. The van der Waals surface area contributed by atoms with E-state index in [1.54, 1.807) is 11.8 Å². The Kier molecular flexibility index (Phi) is 6.36. The number of benzene rings is 1. The quantitative estimate of drug-likeness (QED) is 0.819. The molecule has 2 atom stereocenters. The number of thioether (sulfide) groups is 1. The number of hydrogen-bond donors (Lipinski definition) is 1. The van der Waals surface area contributed by atoms with Crippen LogP contribution in [-0.2, 0) is 4.74 Å². The molecule has 1 aliphatic rings. The van der Waals surface area contributed by atoms with Crippen molar-refractivity contribution in [2.75, 3.05) is 33.0 Å². The van der Waals surface area contributed by atoms with E-state index in [0.717, 1.165) is 13.2 Å². The van der Waals surface area contributed by atoms with Crippen LogP contribution >= 0.6 is 11.8 Å². The van der Waals surface area contributed by atoms with Crippen molar-refractivity contribution in [3.05, 3.63) is 29.8 Å². The molecule has 0 amide bonds. The minimum Gasteiger partial charge on any atom is -0.377 e. The van der Waals surface area contributed by atoms with Crippen LogP contribution in [0.3, 0.4) is 0 Å². The van der Waals surface area contributed by atoms with Gasteiger partial charge >= 0.3 is 0 Å². The Labute approximate surface area is 126 Å². The molecular weight excluding hydrogens is 268 g/mol. The van der Waals surface area contributed by atoms with Gasteiger partial charge in [0.25, 0.3) is 0 Å². The van der Waals surface area contributed by atoms with Gasteiger partial charge in [-0.25, -0.2) is 0 Å². The summed E-state index contributed by atoms with van der Waals surface area (Å²) in [5.41, 5.74) is 7.29. The third kappa shape index (κ3) is 4.22. The highest BCUT2D eigenvalue weighted by atomic mass is 32.2. The Bertz CT molecular complexity index is 390. The third-order valence-corrected chi connectivity index (χ3v) is 4.77. The molecule has 1 aliphatic heterocycles. The van der Waals surface area contributed by atoms with Crippen molar-refractivity contribution in [2.45, 2.75) is 36.3 Å². The maximum Gasteiger partial charge on any atom is 0.0702 e. The van der Waals surface area contributed by atoms with Gasteiger partial charge in [-0.3, -0.25) is 4.90 Å². The molecule has 0 radical (unpaired) electrons. The average molecular weight is 294 g/mol. The summed E-state index contributed by atoms with van der Waals surface area (Å²) in [5, 5.41) is 0. The van der Waals surface area contributed by atoms with Crippen LogP contribution in [0.25, 0.3) is 0 Å². The second-order valence-electron chi connectivity index (χ2n) is 5.45. The fourth-order valence-corrected chi connectivity index (χ4v) is 3.20. The number of likely N-dealkylation sites (N-methyl/N-ethyl adjacent to an activating group) is 1. The zero-order valence-corrected chi connectivity index (χ0v) is 13.4. The molecule has 0 spiro atoms. The number of nitrogens with two attached hydrogens (primary N) is 1. The lowest BCUT2D eigenvalue weighted by Crippen LogP contribution is -2.38. The molecule has 1 aromatic rings. The van der Waals surface area contributed by atoms with Crippen LogP contribution in [0.2, 0.25) is 0 Å². The summed E-state index contributed by atoms with van der Waals surface area (Å²) in [6.07, 6.45) is 6.13. The van der Waals surface area contributed by atoms with E-state index in [1.165, 1.54) is 29.7 Å². The van der Waals surface area contributed by atoms with Crippen LogP contribution in [0.15, 0.2) is 29.2 Å². The summed E-state index contributed by atoms with van der Waals surface area (Å²) in [6, 6.07) is 9.01. The van der Waals surface area contributed by atoms with Crippen LogP contribution in [0.5, 0.6) is 0 Å². The van der Waals surface area contributed by atoms with Gasteiger partial charge in [0.1, 0.15) is 0 Å². The van der Waals surface area contributed by atoms with Gasteiger partial charge < -0.3 is 10.5 Å². The lowest BCUT2D eigenvalue weighted by atomic mass is 10.0. The Balaban J connectivity index is 1.98. The minimum atomic E-state index is 0.274. The lowest BCUT2D eigenvalue weighted by molar-refractivity contribution is -0.00777. The first-order chi connectivity index (χ1) is 9.74. The van der Waals surface area contributed by atoms with E-state index in [0.29, 0.717) is 12.6 Å². The van der Waals surface area contributed by atoms with Gasteiger partial charge in [0.15, 0.2) is 0 Å². The predicted octanol–water partition coefficient (Wildman–Crippen LogP) is 2.91. The molecule has 1 saturated heterocycles. The van der Waals surface area contributed by atoms with Gasteiger partial charge in [-0.2, -0.15) is 0 Å². The van der Waals surface area contributed by atoms with Crippen molar-refractivity contribution < 1.29 is 4.74 Å². The van der Waals surface area contributed by atoms with Crippen LogP contribution < -0.4 is 5.73 Å². The molecule has 2 rings (SSSR count). The molecule has 0 aliphatic carbocycles. The SMILES string of the molecule is CSc1ccc(C(CN)N(C)CC2CCCCO2)cc1. The first kappa shape index (κ1) is 15.8. The van der Waals surface area contributed by atoms with Crippen molar-refractivity contribution in [1.29, 1.82) is 0 Å². The molecule has 3 nitrogen and oxygen atoms in total. The summed E-state index contributed by atoms with van der Waals surface area (Å²) in [7, 11) is 2.15. The topological polar surface area (TPSA) is 38.5 Å². The lowest BCUT2D eigenvalue weighted by Gasteiger charge is -2.32. The smallest absolute Gasteiger partial charge is 0.0702 e. The van der Waals surface area contributed by atoms with Crippen LogP contribution in [-0.4, -0.2) is 44.0 Å². The first-order valence-electron chi connectivity index (χ1n) is 7.40. The number of ether oxygens (including phenoxy) is 1. The molecule has 2 N–H and O–H groups in total. The van der Waals surface area contributed by atoms with E-state index in [-0.39, 0.29) is 6.04 Å². The van der Waals surface area contributed by atoms with Gasteiger partial charge in [0.2, 0.25) is 0 Å². The molecule has 1 heterocycles. The van der Waals surface area contributed by atoms with Gasteiger partial charge in [0.05, 0.1) is 6.10 Å².